The van der Waals surface area contributed by atoms with Crippen LogP contribution >= 0.6 is 23.1 Å². The lowest BCUT2D eigenvalue weighted by Gasteiger charge is -2.08. The van der Waals surface area contributed by atoms with Crippen molar-refractivity contribution < 1.29 is 4.39 Å². The van der Waals surface area contributed by atoms with Crippen LogP contribution in [-0.4, -0.2) is 18.5 Å². The van der Waals surface area contributed by atoms with Crippen molar-refractivity contribution in [1.82, 2.24) is 0 Å². The highest BCUT2D eigenvalue weighted by atomic mass is 32.2. The van der Waals surface area contributed by atoms with Crippen molar-refractivity contribution in [1.29, 1.82) is 0 Å². The molecule has 1 aromatic heterocycles. The molecule has 2 nitrogen and oxygen atoms in total. The zero-order chi connectivity index (χ0) is 12.4. The maximum atomic E-state index is 12.3. The SMILES string of the molecule is Cc1sc(C2=CCC(C)S2)c(NCCF)c1N. The summed E-state index contributed by atoms with van der Waals surface area (Å²) in [5, 5.41) is 3.73. The first-order chi connectivity index (χ1) is 8.13. The molecule has 0 radical (unpaired) electrons. The third-order valence-corrected chi connectivity index (χ3v) is 5.22. The molecule has 0 aromatic carbocycles. The molecule has 0 aliphatic carbocycles. The van der Waals surface area contributed by atoms with Gasteiger partial charge in [0.2, 0.25) is 0 Å². The molecular weight excluding hydrogens is 255 g/mol. The van der Waals surface area contributed by atoms with Gasteiger partial charge in [-0.2, -0.15) is 0 Å². The highest BCUT2D eigenvalue weighted by Gasteiger charge is 2.21. The Morgan fingerprint density at radius 3 is 2.94 bits per heavy atom. The lowest BCUT2D eigenvalue weighted by molar-refractivity contribution is 0.513. The van der Waals surface area contributed by atoms with Crippen LogP contribution in [0.25, 0.3) is 4.91 Å². The van der Waals surface area contributed by atoms with Crippen LogP contribution in [0.3, 0.4) is 0 Å². The number of hydrogen-bond acceptors (Lipinski definition) is 4. The molecule has 2 rings (SSSR count). The average molecular weight is 272 g/mol. The normalized spacial score (nSPS) is 19.5. The Hall–Kier alpha value is -0.680. The standard InChI is InChI=1S/C12H17FN2S2/c1-7-3-4-9(16-7)12-11(15-6-5-13)10(14)8(2)17-12/h4,7,15H,3,5-6,14H2,1-2H3. The highest BCUT2D eigenvalue weighted by Crippen LogP contribution is 2.48. The molecule has 1 aromatic rings. The van der Waals surface area contributed by atoms with Gasteiger partial charge in [0.1, 0.15) is 6.67 Å². The van der Waals surface area contributed by atoms with Crippen molar-refractivity contribution in [2.45, 2.75) is 25.5 Å². The second-order valence-corrected chi connectivity index (χ2v) is 6.83. The molecule has 1 aliphatic heterocycles. The fraction of sp³-hybridized carbons (Fsp3) is 0.500. The number of nitrogens with one attached hydrogen (secondary N) is 1. The third kappa shape index (κ3) is 2.60. The Balaban J connectivity index is 2.29. The minimum atomic E-state index is -0.379. The number of aryl methyl sites for hydroxylation is 1. The minimum absolute atomic E-state index is 0.320. The summed E-state index contributed by atoms with van der Waals surface area (Å²) in [6.07, 6.45) is 3.35. The van der Waals surface area contributed by atoms with E-state index in [1.165, 1.54) is 9.78 Å². The molecule has 3 N–H and O–H groups in total. The van der Waals surface area contributed by atoms with E-state index in [9.17, 15) is 4.39 Å². The lowest BCUT2D eigenvalue weighted by atomic mass is 10.2. The summed E-state index contributed by atoms with van der Waals surface area (Å²) < 4.78 is 12.3. The van der Waals surface area contributed by atoms with E-state index in [0.717, 1.165) is 22.7 Å². The molecule has 5 heteroatoms. The molecule has 94 valence electrons. The zero-order valence-corrected chi connectivity index (χ0v) is 11.7. The van der Waals surface area contributed by atoms with Crippen LogP contribution < -0.4 is 11.1 Å². The maximum absolute atomic E-state index is 12.3. The summed E-state index contributed by atoms with van der Waals surface area (Å²) in [7, 11) is 0. The van der Waals surface area contributed by atoms with Crippen LogP contribution in [0, 0.1) is 6.92 Å². The van der Waals surface area contributed by atoms with Gasteiger partial charge in [0, 0.05) is 21.6 Å². The largest absolute Gasteiger partial charge is 0.396 e. The van der Waals surface area contributed by atoms with Crippen molar-refractivity contribution >= 4 is 39.4 Å². The number of rotatable bonds is 4. The van der Waals surface area contributed by atoms with E-state index in [-0.39, 0.29) is 6.67 Å². The maximum Gasteiger partial charge on any atom is 0.107 e. The molecule has 0 fully saturated rings. The Morgan fingerprint density at radius 1 is 1.59 bits per heavy atom. The van der Waals surface area contributed by atoms with Gasteiger partial charge >= 0.3 is 0 Å². The fourth-order valence-electron chi connectivity index (χ4n) is 1.81. The first-order valence-electron chi connectivity index (χ1n) is 5.69. The van der Waals surface area contributed by atoms with Gasteiger partial charge in [-0.25, -0.2) is 4.39 Å². The van der Waals surface area contributed by atoms with E-state index in [1.807, 2.05) is 18.7 Å². The van der Waals surface area contributed by atoms with E-state index in [4.69, 9.17) is 5.73 Å². The van der Waals surface area contributed by atoms with Crippen LogP contribution in [-0.2, 0) is 0 Å². The van der Waals surface area contributed by atoms with Gasteiger partial charge in [-0.1, -0.05) is 13.0 Å². The molecule has 2 heterocycles. The number of thiophene rings is 1. The molecule has 1 aliphatic rings. The lowest BCUT2D eigenvalue weighted by Crippen LogP contribution is -2.05. The number of hydrogen-bond donors (Lipinski definition) is 2. The first kappa shape index (κ1) is 12.8. The Labute approximate surface area is 109 Å². The van der Waals surface area contributed by atoms with Crippen molar-refractivity contribution in [2.75, 3.05) is 24.3 Å². The smallest absolute Gasteiger partial charge is 0.107 e. The summed E-state index contributed by atoms with van der Waals surface area (Å²) in [4.78, 5) is 3.55. The number of halogens is 1. The molecule has 1 atom stereocenters. The van der Waals surface area contributed by atoms with E-state index in [2.05, 4.69) is 18.3 Å². The molecule has 0 saturated heterocycles. The average Bonchev–Trinajstić information content (AvgIpc) is 2.83. The predicted molar refractivity (Wildman–Crippen MR) is 77.6 cm³/mol. The van der Waals surface area contributed by atoms with E-state index in [1.54, 1.807) is 11.3 Å². The second-order valence-electron chi connectivity index (χ2n) is 4.12. The predicted octanol–water partition coefficient (Wildman–Crippen LogP) is 3.89. The van der Waals surface area contributed by atoms with Crippen molar-refractivity contribution in [3.8, 4) is 0 Å². The molecular formula is C12H17FN2S2. The Morgan fingerprint density at radius 2 is 2.35 bits per heavy atom. The summed E-state index contributed by atoms with van der Waals surface area (Å²) >= 11 is 3.56. The second kappa shape index (κ2) is 5.31. The molecule has 1 unspecified atom stereocenters. The van der Waals surface area contributed by atoms with Gasteiger partial charge in [-0.15, -0.1) is 23.1 Å². The van der Waals surface area contributed by atoms with Gasteiger partial charge in [0.05, 0.1) is 16.3 Å². The summed E-state index contributed by atoms with van der Waals surface area (Å²) in [5.41, 5.74) is 7.71. The van der Waals surface area contributed by atoms with Crippen LogP contribution in [0.2, 0.25) is 0 Å². The monoisotopic (exact) mass is 272 g/mol. The number of nitrogen functional groups attached to an aromatic ring is 1. The molecule has 17 heavy (non-hydrogen) atoms. The molecule has 0 saturated carbocycles. The van der Waals surface area contributed by atoms with Crippen LogP contribution in [0.15, 0.2) is 6.08 Å². The molecule has 0 spiro atoms. The van der Waals surface area contributed by atoms with Crippen LogP contribution in [0.5, 0.6) is 0 Å². The summed E-state index contributed by atoms with van der Waals surface area (Å²) in [6, 6.07) is 0. The number of nitrogens with two attached hydrogens (primary N) is 1. The van der Waals surface area contributed by atoms with Gasteiger partial charge in [-0.05, 0) is 13.3 Å². The van der Waals surface area contributed by atoms with Crippen molar-refractivity contribution in [3.05, 3.63) is 15.8 Å². The minimum Gasteiger partial charge on any atom is -0.396 e. The van der Waals surface area contributed by atoms with E-state index >= 15 is 0 Å². The van der Waals surface area contributed by atoms with Crippen molar-refractivity contribution in [3.63, 3.8) is 0 Å². The van der Waals surface area contributed by atoms with Crippen LogP contribution in [0.4, 0.5) is 15.8 Å². The van der Waals surface area contributed by atoms with Gasteiger partial charge in [0.15, 0.2) is 0 Å². The third-order valence-electron chi connectivity index (χ3n) is 2.71. The van der Waals surface area contributed by atoms with Gasteiger partial charge < -0.3 is 11.1 Å². The number of anilines is 2. The van der Waals surface area contributed by atoms with E-state index in [0.29, 0.717) is 11.8 Å². The quantitative estimate of drug-likeness (QED) is 0.873. The Kier molecular flexibility index (Phi) is 3.99. The van der Waals surface area contributed by atoms with Gasteiger partial charge in [0.25, 0.3) is 0 Å². The number of thioether (sulfide) groups is 1. The topological polar surface area (TPSA) is 38.0 Å². The number of alkyl halides is 1. The highest BCUT2D eigenvalue weighted by molar-refractivity contribution is 8.09. The summed E-state index contributed by atoms with van der Waals surface area (Å²) in [6.45, 7) is 4.16. The number of allylic oxidation sites excluding steroid dienone is 1. The summed E-state index contributed by atoms with van der Waals surface area (Å²) in [5.74, 6) is 0. The fourth-order valence-corrected chi connectivity index (χ4v) is 4.09. The van der Waals surface area contributed by atoms with Gasteiger partial charge in [-0.3, -0.25) is 0 Å². The molecule has 0 amide bonds. The van der Waals surface area contributed by atoms with Crippen LogP contribution in [0.1, 0.15) is 23.1 Å². The molecule has 0 bridgehead atoms. The Bertz CT molecular complexity index is 440. The van der Waals surface area contributed by atoms with Crippen molar-refractivity contribution in [2.24, 2.45) is 0 Å². The zero-order valence-electron chi connectivity index (χ0n) is 10.0. The first-order valence-corrected chi connectivity index (χ1v) is 7.39. The van der Waals surface area contributed by atoms with E-state index < -0.39 is 0 Å².